The van der Waals surface area contributed by atoms with Crippen LogP contribution in [0.3, 0.4) is 0 Å². The Morgan fingerprint density at radius 2 is 1.19 bits per heavy atom. The summed E-state index contributed by atoms with van der Waals surface area (Å²) in [6, 6.07) is 13.7. The molecule has 2 atom stereocenters. The van der Waals surface area contributed by atoms with Gasteiger partial charge in [-0.05, 0) is 63.8 Å². The van der Waals surface area contributed by atoms with Gasteiger partial charge in [0, 0.05) is 18.8 Å². The van der Waals surface area contributed by atoms with Crippen LogP contribution < -0.4 is 10.6 Å². The molecule has 10 heteroatoms. The van der Waals surface area contributed by atoms with Gasteiger partial charge in [0.25, 0.3) is 0 Å². The lowest BCUT2D eigenvalue weighted by atomic mass is 9.98. The Morgan fingerprint density at radius 3 is 1.67 bits per heavy atom. The Kier molecular flexibility index (Phi) is 10.8. The minimum atomic E-state index is -1.14. The van der Waals surface area contributed by atoms with E-state index in [1.165, 1.54) is 7.11 Å². The standard InChI is InChI=1S/C33H40N2O8/c1-32(2,3)42-29(37)27(19-13-12-18-26(28(36)40-7)35-31(39)43-33(4,5)6)34-30(38)41-20-25-23-16-10-8-14-21(23)22-15-9-11-17-24(22)25/h8-11,14-17,25-27H,18-20H2,1-7H3,(H,34,38)(H,35,39)/t26-,27-/m0/s1. The zero-order valence-corrected chi connectivity index (χ0v) is 25.7. The first-order valence-electron chi connectivity index (χ1n) is 14.1. The van der Waals surface area contributed by atoms with Crippen molar-refractivity contribution in [1.82, 2.24) is 10.6 Å². The van der Waals surface area contributed by atoms with Crippen molar-refractivity contribution in [2.75, 3.05) is 13.7 Å². The SMILES string of the molecule is COC(=O)[C@H](CC#CC[C@H](NC(=O)OCC1c2ccccc2-c2ccccc21)C(=O)OC(C)(C)C)NC(=O)OC(C)(C)C. The summed E-state index contributed by atoms with van der Waals surface area (Å²) in [6.45, 7) is 10.3. The molecule has 2 N–H and O–H groups in total. The van der Waals surface area contributed by atoms with Crippen molar-refractivity contribution in [2.45, 2.75) is 83.6 Å². The number of esters is 2. The van der Waals surface area contributed by atoms with Crippen molar-refractivity contribution in [3.05, 3.63) is 59.7 Å². The topological polar surface area (TPSA) is 129 Å². The predicted molar refractivity (Wildman–Crippen MR) is 160 cm³/mol. The molecule has 0 saturated heterocycles. The molecule has 0 aliphatic heterocycles. The molecule has 0 fully saturated rings. The van der Waals surface area contributed by atoms with Crippen LogP contribution in [0.4, 0.5) is 9.59 Å². The number of nitrogens with one attached hydrogen (secondary N) is 2. The van der Waals surface area contributed by atoms with Gasteiger partial charge in [-0.1, -0.05) is 48.5 Å². The van der Waals surface area contributed by atoms with E-state index in [2.05, 4.69) is 22.5 Å². The molecule has 0 heterocycles. The molecule has 3 rings (SSSR count). The molecule has 0 spiro atoms. The zero-order chi connectivity index (χ0) is 31.8. The minimum Gasteiger partial charge on any atom is -0.467 e. The molecule has 0 aromatic heterocycles. The molecule has 230 valence electrons. The van der Waals surface area contributed by atoms with Crippen LogP contribution in [0.15, 0.2) is 48.5 Å². The summed E-state index contributed by atoms with van der Waals surface area (Å²) in [5.41, 5.74) is 2.75. The molecule has 2 aromatic rings. The fourth-order valence-electron chi connectivity index (χ4n) is 4.48. The van der Waals surface area contributed by atoms with Crippen LogP contribution in [0.2, 0.25) is 0 Å². The van der Waals surface area contributed by atoms with Gasteiger partial charge in [-0.3, -0.25) is 0 Å². The third-order valence-electron chi connectivity index (χ3n) is 6.24. The largest absolute Gasteiger partial charge is 0.467 e. The number of fused-ring (bicyclic) bond motifs is 3. The Morgan fingerprint density at radius 1 is 0.721 bits per heavy atom. The second-order valence-electron chi connectivity index (χ2n) is 12.0. The summed E-state index contributed by atoms with van der Waals surface area (Å²) in [5, 5.41) is 5.01. The fraction of sp³-hybridized carbons (Fsp3) is 0.455. The molecule has 2 aromatic carbocycles. The number of methoxy groups -OCH3 is 1. The van der Waals surface area contributed by atoms with Crippen LogP contribution in [0.5, 0.6) is 0 Å². The quantitative estimate of drug-likeness (QED) is 0.247. The Labute approximate surface area is 252 Å². The number of hydrogen-bond acceptors (Lipinski definition) is 8. The van der Waals surface area contributed by atoms with E-state index in [1.54, 1.807) is 41.5 Å². The molecule has 1 aliphatic rings. The number of benzene rings is 2. The van der Waals surface area contributed by atoms with Gasteiger partial charge in [-0.15, -0.1) is 11.8 Å². The van der Waals surface area contributed by atoms with Crippen LogP contribution in [0, 0.1) is 11.8 Å². The Bertz CT molecular complexity index is 1350. The Hall–Kier alpha value is -4.52. The number of amides is 2. The third-order valence-corrected chi connectivity index (χ3v) is 6.24. The smallest absolute Gasteiger partial charge is 0.408 e. The summed E-state index contributed by atoms with van der Waals surface area (Å²) in [5.74, 6) is 4.02. The molecule has 0 bridgehead atoms. The second kappa shape index (κ2) is 14.1. The second-order valence-corrected chi connectivity index (χ2v) is 12.0. The van der Waals surface area contributed by atoms with Crippen molar-refractivity contribution in [3.8, 4) is 23.0 Å². The van der Waals surface area contributed by atoms with Crippen molar-refractivity contribution >= 4 is 24.1 Å². The monoisotopic (exact) mass is 592 g/mol. The molecule has 0 radical (unpaired) electrons. The van der Waals surface area contributed by atoms with Crippen molar-refractivity contribution in [2.24, 2.45) is 0 Å². The average molecular weight is 593 g/mol. The third kappa shape index (κ3) is 9.77. The average Bonchev–Trinajstić information content (AvgIpc) is 3.24. The van der Waals surface area contributed by atoms with Gasteiger partial charge in [-0.2, -0.15) is 0 Å². The number of hydrogen-bond donors (Lipinski definition) is 2. The lowest BCUT2D eigenvalue weighted by Crippen LogP contribution is -2.44. The maximum absolute atomic E-state index is 12.9. The predicted octanol–water partition coefficient (Wildman–Crippen LogP) is 5.09. The summed E-state index contributed by atoms with van der Waals surface area (Å²) >= 11 is 0. The number of alkyl carbamates (subject to hydrolysis) is 2. The van der Waals surface area contributed by atoms with E-state index in [9.17, 15) is 19.2 Å². The van der Waals surface area contributed by atoms with Gasteiger partial charge in [0.15, 0.2) is 0 Å². The van der Waals surface area contributed by atoms with Gasteiger partial charge in [0.05, 0.1) is 7.11 Å². The number of ether oxygens (including phenoxy) is 4. The van der Waals surface area contributed by atoms with E-state index in [1.807, 2.05) is 48.5 Å². The van der Waals surface area contributed by atoms with E-state index < -0.39 is 47.4 Å². The van der Waals surface area contributed by atoms with E-state index in [-0.39, 0.29) is 25.4 Å². The van der Waals surface area contributed by atoms with Crippen molar-refractivity contribution < 1.29 is 38.1 Å². The molecular formula is C33H40N2O8. The van der Waals surface area contributed by atoms with Crippen molar-refractivity contribution in [3.63, 3.8) is 0 Å². The van der Waals surface area contributed by atoms with E-state index in [0.717, 1.165) is 22.3 Å². The Balaban J connectivity index is 1.67. The van der Waals surface area contributed by atoms with Gasteiger partial charge < -0.3 is 29.6 Å². The highest BCUT2D eigenvalue weighted by atomic mass is 16.6. The molecule has 10 nitrogen and oxygen atoms in total. The van der Waals surface area contributed by atoms with E-state index >= 15 is 0 Å². The van der Waals surface area contributed by atoms with Crippen LogP contribution in [0.25, 0.3) is 11.1 Å². The highest BCUT2D eigenvalue weighted by Crippen LogP contribution is 2.44. The molecule has 2 amide bonds. The highest BCUT2D eigenvalue weighted by molar-refractivity contribution is 5.83. The molecular weight excluding hydrogens is 552 g/mol. The summed E-state index contributed by atoms with van der Waals surface area (Å²) in [6.07, 6.45) is -1.83. The number of carbonyl (C=O) groups is 4. The summed E-state index contributed by atoms with van der Waals surface area (Å²) in [4.78, 5) is 50.2. The zero-order valence-electron chi connectivity index (χ0n) is 25.7. The van der Waals surface area contributed by atoms with Crippen LogP contribution in [-0.4, -0.2) is 61.1 Å². The maximum Gasteiger partial charge on any atom is 0.408 e. The molecule has 0 saturated carbocycles. The molecule has 43 heavy (non-hydrogen) atoms. The van der Waals surface area contributed by atoms with Gasteiger partial charge in [0.1, 0.15) is 29.9 Å². The van der Waals surface area contributed by atoms with Crippen LogP contribution in [-0.2, 0) is 28.5 Å². The van der Waals surface area contributed by atoms with E-state index in [4.69, 9.17) is 18.9 Å². The van der Waals surface area contributed by atoms with Gasteiger partial charge in [0.2, 0.25) is 0 Å². The maximum atomic E-state index is 12.9. The lowest BCUT2D eigenvalue weighted by Gasteiger charge is -2.24. The van der Waals surface area contributed by atoms with Gasteiger partial charge in [-0.25, -0.2) is 19.2 Å². The minimum absolute atomic E-state index is 0.0731. The van der Waals surface area contributed by atoms with Crippen molar-refractivity contribution in [1.29, 1.82) is 0 Å². The summed E-state index contributed by atoms with van der Waals surface area (Å²) in [7, 11) is 1.19. The molecule has 1 aliphatic carbocycles. The van der Waals surface area contributed by atoms with Gasteiger partial charge >= 0.3 is 24.1 Å². The molecule has 0 unspecified atom stereocenters. The normalized spacial score (nSPS) is 13.7. The van der Waals surface area contributed by atoms with E-state index in [0.29, 0.717) is 0 Å². The first kappa shape index (κ1) is 33.0. The van der Waals surface area contributed by atoms with Crippen LogP contribution in [0.1, 0.15) is 71.4 Å². The van der Waals surface area contributed by atoms with Crippen LogP contribution >= 0.6 is 0 Å². The number of rotatable bonds is 8. The number of carbonyl (C=O) groups excluding carboxylic acids is 4. The lowest BCUT2D eigenvalue weighted by molar-refractivity contribution is -0.157. The first-order chi connectivity index (χ1) is 20.2. The summed E-state index contributed by atoms with van der Waals surface area (Å²) < 4.78 is 21.0. The highest BCUT2D eigenvalue weighted by Gasteiger charge is 2.31. The fourth-order valence-corrected chi connectivity index (χ4v) is 4.48. The first-order valence-corrected chi connectivity index (χ1v) is 14.1.